The number of carbonyl (C=O) groups excluding carboxylic acids is 1. The summed E-state index contributed by atoms with van der Waals surface area (Å²) in [6.45, 7) is 1.86. The molecule has 7 heteroatoms. The molecule has 0 saturated carbocycles. The molecule has 0 aliphatic rings. The predicted molar refractivity (Wildman–Crippen MR) is 91.3 cm³/mol. The van der Waals surface area contributed by atoms with Gasteiger partial charge < -0.3 is 5.32 Å². The van der Waals surface area contributed by atoms with Crippen LogP contribution >= 0.6 is 0 Å². The molecule has 0 bridgehead atoms. The van der Waals surface area contributed by atoms with E-state index in [1.165, 1.54) is 19.1 Å². The van der Waals surface area contributed by atoms with Gasteiger partial charge in [-0.2, -0.15) is 5.26 Å². The van der Waals surface area contributed by atoms with E-state index in [4.69, 9.17) is 5.26 Å². The fourth-order valence-corrected chi connectivity index (χ4v) is 3.19. The fraction of sp³-hybridized carbons (Fsp3) is 0.176. The number of ketones is 1. The second-order valence-electron chi connectivity index (χ2n) is 5.07. The number of carbonyl (C=O) groups is 1. The minimum absolute atomic E-state index is 0.133. The average molecular weight is 343 g/mol. The zero-order valence-corrected chi connectivity index (χ0v) is 13.9. The van der Waals surface area contributed by atoms with Crippen molar-refractivity contribution in [1.82, 2.24) is 4.72 Å². The number of Topliss-reactive ketones (excluding diaryl/α,β-unsaturated/α-hetero) is 1. The molecule has 0 unspecified atom stereocenters. The summed E-state index contributed by atoms with van der Waals surface area (Å²) in [7, 11) is -3.56. The molecule has 2 rings (SSSR count). The number of nitrogens with one attached hydrogen (secondary N) is 2. The van der Waals surface area contributed by atoms with Gasteiger partial charge in [-0.3, -0.25) is 4.79 Å². The van der Waals surface area contributed by atoms with Crippen molar-refractivity contribution >= 4 is 21.5 Å². The second-order valence-corrected chi connectivity index (χ2v) is 6.83. The fourth-order valence-electron chi connectivity index (χ4n) is 2.13. The van der Waals surface area contributed by atoms with Gasteiger partial charge in [0.25, 0.3) is 0 Å². The van der Waals surface area contributed by atoms with Crippen LogP contribution in [0, 0.1) is 11.3 Å². The van der Waals surface area contributed by atoms with Crippen LogP contribution in [-0.2, 0) is 10.0 Å². The lowest BCUT2D eigenvalue weighted by atomic mass is 10.1. The molecule has 124 valence electrons. The highest BCUT2D eigenvalue weighted by atomic mass is 32.2. The quantitative estimate of drug-likeness (QED) is 0.593. The average Bonchev–Trinajstić information content (AvgIpc) is 2.59. The standard InChI is InChI=1S/C17H17N3O3S/c1-13(21)16-8-7-14(12-18)11-17(16)19-9-10-20-24(22,23)15-5-3-2-4-6-15/h2-8,11,19-20H,9-10H2,1H3. The minimum atomic E-state index is -3.56. The lowest BCUT2D eigenvalue weighted by molar-refractivity contribution is 0.101. The molecule has 0 spiro atoms. The Hall–Kier alpha value is -2.69. The first kappa shape index (κ1) is 17.7. The van der Waals surface area contributed by atoms with E-state index < -0.39 is 10.0 Å². The Kier molecular flexibility index (Phi) is 5.68. The van der Waals surface area contributed by atoms with Crippen LogP contribution in [0.1, 0.15) is 22.8 Å². The van der Waals surface area contributed by atoms with Gasteiger partial charge in [0.15, 0.2) is 5.78 Å². The molecule has 2 aromatic carbocycles. The first-order valence-corrected chi connectivity index (χ1v) is 8.76. The van der Waals surface area contributed by atoms with Crippen LogP contribution in [-0.4, -0.2) is 27.3 Å². The summed E-state index contributed by atoms with van der Waals surface area (Å²) in [5.74, 6) is -0.133. The van der Waals surface area contributed by atoms with Crippen molar-refractivity contribution < 1.29 is 13.2 Å². The van der Waals surface area contributed by atoms with Gasteiger partial charge in [-0.15, -0.1) is 0 Å². The number of sulfonamides is 1. The molecule has 0 heterocycles. The van der Waals surface area contributed by atoms with Crippen molar-refractivity contribution in [3.05, 3.63) is 59.7 Å². The number of rotatable bonds is 7. The van der Waals surface area contributed by atoms with Crippen molar-refractivity contribution in [2.45, 2.75) is 11.8 Å². The molecule has 0 radical (unpaired) electrons. The van der Waals surface area contributed by atoms with Crippen molar-refractivity contribution in [2.24, 2.45) is 0 Å². The van der Waals surface area contributed by atoms with Crippen molar-refractivity contribution in [1.29, 1.82) is 5.26 Å². The van der Waals surface area contributed by atoms with Gasteiger partial charge in [0.05, 0.1) is 16.5 Å². The van der Waals surface area contributed by atoms with E-state index in [-0.39, 0.29) is 23.8 Å². The Balaban J connectivity index is 2.00. The Labute approximate surface area is 141 Å². The van der Waals surface area contributed by atoms with E-state index in [1.54, 1.807) is 36.4 Å². The summed E-state index contributed by atoms with van der Waals surface area (Å²) in [5.41, 5.74) is 1.40. The molecule has 6 nitrogen and oxygen atoms in total. The van der Waals surface area contributed by atoms with Crippen LogP contribution in [0.25, 0.3) is 0 Å². The van der Waals surface area contributed by atoms with Gasteiger partial charge in [-0.1, -0.05) is 18.2 Å². The van der Waals surface area contributed by atoms with Gasteiger partial charge in [-0.05, 0) is 37.3 Å². The van der Waals surface area contributed by atoms with Gasteiger partial charge in [0, 0.05) is 24.3 Å². The number of benzene rings is 2. The molecular formula is C17H17N3O3S. The molecule has 2 N–H and O–H groups in total. The number of nitrogens with zero attached hydrogens (tertiary/aromatic N) is 1. The molecule has 2 aromatic rings. The summed E-state index contributed by atoms with van der Waals surface area (Å²) in [4.78, 5) is 11.8. The highest BCUT2D eigenvalue weighted by Gasteiger charge is 2.12. The van der Waals surface area contributed by atoms with Crippen molar-refractivity contribution in [3.8, 4) is 6.07 Å². The third-order valence-corrected chi connectivity index (χ3v) is 4.79. The van der Waals surface area contributed by atoms with Crippen LogP contribution in [0.4, 0.5) is 5.69 Å². The number of hydrogen-bond donors (Lipinski definition) is 2. The molecular weight excluding hydrogens is 326 g/mol. The summed E-state index contributed by atoms with van der Waals surface area (Å²) >= 11 is 0. The Bertz CT molecular complexity index is 872. The predicted octanol–water partition coefficient (Wildman–Crippen LogP) is 2.15. The zero-order valence-electron chi connectivity index (χ0n) is 13.1. The van der Waals surface area contributed by atoms with E-state index in [2.05, 4.69) is 10.0 Å². The maximum absolute atomic E-state index is 12.1. The van der Waals surface area contributed by atoms with Crippen LogP contribution in [0.5, 0.6) is 0 Å². The molecule has 0 fully saturated rings. The summed E-state index contributed by atoms with van der Waals surface area (Å²) in [6, 6.07) is 14.8. The topological polar surface area (TPSA) is 99.1 Å². The van der Waals surface area contributed by atoms with Crippen LogP contribution < -0.4 is 10.0 Å². The maximum atomic E-state index is 12.1. The van der Waals surface area contributed by atoms with Gasteiger partial charge in [0.1, 0.15) is 0 Å². The van der Waals surface area contributed by atoms with Crippen LogP contribution in [0.15, 0.2) is 53.4 Å². The van der Waals surface area contributed by atoms with E-state index in [0.29, 0.717) is 16.8 Å². The first-order valence-electron chi connectivity index (χ1n) is 7.28. The number of nitriles is 1. The van der Waals surface area contributed by atoms with E-state index in [0.717, 1.165) is 0 Å². The largest absolute Gasteiger partial charge is 0.383 e. The van der Waals surface area contributed by atoms with E-state index >= 15 is 0 Å². The van der Waals surface area contributed by atoms with Gasteiger partial charge in [-0.25, -0.2) is 13.1 Å². The highest BCUT2D eigenvalue weighted by molar-refractivity contribution is 7.89. The Morgan fingerprint density at radius 2 is 1.83 bits per heavy atom. The maximum Gasteiger partial charge on any atom is 0.240 e. The third kappa shape index (κ3) is 4.41. The first-order chi connectivity index (χ1) is 11.4. The number of hydrogen-bond acceptors (Lipinski definition) is 5. The Morgan fingerprint density at radius 1 is 1.12 bits per heavy atom. The lowest BCUT2D eigenvalue weighted by Gasteiger charge is -2.11. The molecule has 0 aliphatic heterocycles. The second kappa shape index (κ2) is 7.73. The normalized spacial score (nSPS) is 10.8. The molecule has 0 amide bonds. The summed E-state index contributed by atoms with van der Waals surface area (Å²) in [5, 5.41) is 11.9. The smallest absolute Gasteiger partial charge is 0.240 e. The van der Waals surface area contributed by atoms with Crippen molar-refractivity contribution in [2.75, 3.05) is 18.4 Å². The summed E-state index contributed by atoms with van der Waals surface area (Å²) in [6.07, 6.45) is 0. The van der Waals surface area contributed by atoms with Gasteiger partial charge >= 0.3 is 0 Å². The minimum Gasteiger partial charge on any atom is -0.383 e. The van der Waals surface area contributed by atoms with E-state index in [9.17, 15) is 13.2 Å². The molecule has 0 aliphatic carbocycles. The summed E-state index contributed by atoms with van der Waals surface area (Å²) < 4.78 is 26.6. The zero-order chi connectivity index (χ0) is 17.6. The molecule has 0 atom stereocenters. The van der Waals surface area contributed by atoms with Crippen LogP contribution in [0.2, 0.25) is 0 Å². The highest BCUT2D eigenvalue weighted by Crippen LogP contribution is 2.18. The monoisotopic (exact) mass is 343 g/mol. The third-order valence-electron chi connectivity index (χ3n) is 3.31. The SMILES string of the molecule is CC(=O)c1ccc(C#N)cc1NCCNS(=O)(=O)c1ccccc1. The molecule has 0 saturated heterocycles. The van der Waals surface area contributed by atoms with Gasteiger partial charge in [0.2, 0.25) is 10.0 Å². The molecule has 24 heavy (non-hydrogen) atoms. The molecule has 0 aromatic heterocycles. The van der Waals surface area contributed by atoms with Crippen molar-refractivity contribution in [3.63, 3.8) is 0 Å². The van der Waals surface area contributed by atoms with Crippen LogP contribution in [0.3, 0.4) is 0 Å². The number of anilines is 1. The lowest BCUT2D eigenvalue weighted by Crippen LogP contribution is -2.29. The van der Waals surface area contributed by atoms with E-state index in [1.807, 2.05) is 6.07 Å². The Morgan fingerprint density at radius 3 is 2.46 bits per heavy atom.